The van der Waals surface area contributed by atoms with Crippen molar-refractivity contribution in [3.05, 3.63) is 69.8 Å². The van der Waals surface area contributed by atoms with Gasteiger partial charge in [0.2, 0.25) is 0 Å². The summed E-state index contributed by atoms with van der Waals surface area (Å²) < 4.78 is 33.4. The summed E-state index contributed by atoms with van der Waals surface area (Å²) in [5.41, 5.74) is 9.20. The molecule has 0 saturated heterocycles. The Balaban J connectivity index is 2.05. The summed E-state index contributed by atoms with van der Waals surface area (Å²) in [5.74, 6) is -1.19. The average molecular weight is 275 g/mol. The minimum absolute atomic E-state index is 0.0798. The number of fused-ring (bicyclic) bond motifs is 1. The van der Waals surface area contributed by atoms with Crippen LogP contribution in [0.1, 0.15) is 33.9 Å². The maximum absolute atomic E-state index is 14.1. The van der Waals surface area contributed by atoms with E-state index in [0.29, 0.717) is 24.3 Å². The van der Waals surface area contributed by atoms with Gasteiger partial charge in [0, 0.05) is 5.56 Å². The fraction of sp³-hybridized carbons (Fsp3) is 0.250. The van der Waals surface area contributed by atoms with Crippen molar-refractivity contribution in [1.29, 1.82) is 0 Å². The zero-order chi connectivity index (χ0) is 14.3. The van der Waals surface area contributed by atoms with Gasteiger partial charge in [0.1, 0.15) is 11.6 Å². The maximum atomic E-state index is 14.1. The van der Waals surface area contributed by atoms with Gasteiger partial charge in [-0.2, -0.15) is 0 Å². The number of halogens is 2. The van der Waals surface area contributed by atoms with Crippen LogP contribution in [-0.2, 0) is 18.0 Å². The van der Waals surface area contributed by atoms with Gasteiger partial charge in [-0.15, -0.1) is 0 Å². The molecule has 0 spiro atoms. The lowest BCUT2D eigenvalue weighted by atomic mass is 9.94. The van der Waals surface area contributed by atoms with Crippen LogP contribution in [0.3, 0.4) is 0 Å². The Morgan fingerprint density at radius 2 is 1.85 bits per heavy atom. The molecule has 20 heavy (non-hydrogen) atoms. The number of hydrogen-bond donors (Lipinski definition) is 1. The molecule has 0 aliphatic carbocycles. The predicted molar refractivity (Wildman–Crippen MR) is 72.1 cm³/mol. The van der Waals surface area contributed by atoms with E-state index in [2.05, 4.69) is 0 Å². The summed E-state index contributed by atoms with van der Waals surface area (Å²) in [5, 5.41) is 0. The van der Waals surface area contributed by atoms with Gasteiger partial charge < -0.3 is 10.5 Å². The quantitative estimate of drug-likeness (QED) is 0.912. The Kier molecular flexibility index (Phi) is 3.28. The molecule has 3 rings (SSSR count). The van der Waals surface area contributed by atoms with Gasteiger partial charge in [0.05, 0.1) is 19.3 Å². The van der Waals surface area contributed by atoms with Gasteiger partial charge in [-0.3, -0.25) is 0 Å². The molecule has 104 valence electrons. The normalized spacial score (nSPS) is 15.2. The molecule has 2 N–H and O–H groups in total. The first-order valence-corrected chi connectivity index (χ1v) is 6.47. The summed E-state index contributed by atoms with van der Waals surface area (Å²) in [6, 6.07) is 7.43. The number of hydrogen-bond acceptors (Lipinski definition) is 2. The highest BCUT2D eigenvalue weighted by Crippen LogP contribution is 2.29. The molecule has 1 unspecified atom stereocenters. The van der Waals surface area contributed by atoms with Crippen LogP contribution in [0.25, 0.3) is 0 Å². The highest BCUT2D eigenvalue weighted by molar-refractivity contribution is 5.40. The molecule has 2 aromatic rings. The Bertz CT molecular complexity index is 670. The minimum atomic E-state index is -0.819. The SMILES string of the molecule is Cc1ccc(F)c(C(N)c2ccc3c(c2)COC3)c1F. The van der Waals surface area contributed by atoms with Gasteiger partial charge in [-0.1, -0.05) is 24.3 Å². The van der Waals surface area contributed by atoms with Gasteiger partial charge in [-0.25, -0.2) is 8.78 Å². The van der Waals surface area contributed by atoms with Crippen LogP contribution in [0.4, 0.5) is 8.78 Å². The Morgan fingerprint density at radius 1 is 1.10 bits per heavy atom. The fourth-order valence-electron chi connectivity index (χ4n) is 2.52. The smallest absolute Gasteiger partial charge is 0.134 e. The first-order chi connectivity index (χ1) is 9.58. The van der Waals surface area contributed by atoms with Crippen LogP contribution in [0.15, 0.2) is 30.3 Å². The molecule has 1 heterocycles. The van der Waals surface area contributed by atoms with Crippen molar-refractivity contribution in [2.24, 2.45) is 5.73 Å². The molecule has 1 aliphatic heterocycles. The van der Waals surface area contributed by atoms with Crippen LogP contribution in [-0.4, -0.2) is 0 Å². The van der Waals surface area contributed by atoms with Gasteiger partial charge in [0.25, 0.3) is 0 Å². The summed E-state index contributed by atoms with van der Waals surface area (Å²) in [7, 11) is 0. The molecule has 0 aromatic heterocycles. The van der Waals surface area contributed by atoms with E-state index in [1.165, 1.54) is 12.1 Å². The van der Waals surface area contributed by atoms with Gasteiger partial charge in [-0.05, 0) is 35.2 Å². The third kappa shape index (κ3) is 2.11. The third-order valence-electron chi connectivity index (χ3n) is 3.74. The second kappa shape index (κ2) is 4.96. The van der Waals surface area contributed by atoms with E-state index >= 15 is 0 Å². The molecule has 1 atom stereocenters. The Labute approximate surface area is 116 Å². The van der Waals surface area contributed by atoms with Gasteiger partial charge in [0.15, 0.2) is 0 Å². The maximum Gasteiger partial charge on any atom is 0.134 e. The number of ether oxygens (including phenoxy) is 1. The van der Waals surface area contributed by atoms with Crippen LogP contribution in [0, 0.1) is 18.6 Å². The van der Waals surface area contributed by atoms with E-state index in [-0.39, 0.29) is 5.56 Å². The highest BCUT2D eigenvalue weighted by Gasteiger charge is 2.21. The lowest BCUT2D eigenvalue weighted by Gasteiger charge is -2.16. The van der Waals surface area contributed by atoms with Crippen LogP contribution >= 0.6 is 0 Å². The first-order valence-electron chi connectivity index (χ1n) is 6.47. The van der Waals surface area contributed by atoms with E-state index in [0.717, 1.165) is 11.1 Å². The van der Waals surface area contributed by atoms with Crippen molar-refractivity contribution in [3.63, 3.8) is 0 Å². The monoisotopic (exact) mass is 275 g/mol. The van der Waals surface area contributed by atoms with E-state index in [9.17, 15) is 8.78 Å². The Morgan fingerprint density at radius 3 is 2.65 bits per heavy atom. The Hall–Kier alpha value is -1.78. The molecule has 0 fully saturated rings. The van der Waals surface area contributed by atoms with E-state index in [4.69, 9.17) is 10.5 Å². The second-order valence-corrected chi connectivity index (χ2v) is 5.09. The molecule has 0 amide bonds. The van der Waals surface area contributed by atoms with E-state index in [1.807, 2.05) is 12.1 Å². The largest absolute Gasteiger partial charge is 0.372 e. The molecule has 0 bridgehead atoms. The van der Waals surface area contributed by atoms with E-state index in [1.54, 1.807) is 13.0 Å². The summed E-state index contributed by atoms with van der Waals surface area (Å²) >= 11 is 0. The lowest BCUT2D eigenvalue weighted by molar-refractivity contribution is 0.134. The minimum Gasteiger partial charge on any atom is -0.372 e. The number of aryl methyl sites for hydroxylation is 1. The van der Waals surface area contributed by atoms with Crippen LogP contribution in [0.2, 0.25) is 0 Å². The van der Waals surface area contributed by atoms with Gasteiger partial charge >= 0.3 is 0 Å². The van der Waals surface area contributed by atoms with Crippen LogP contribution < -0.4 is 5.73 Å². The first kappa shape index (κ1) is 13.2. The zero-order valence-electron chi connectivity index (χ0n) is 11.1. The number of benzene rings is 2. The summed E-state index contributed by atoms with van der Waals surface area (Å²) in [6.45, 7) is 2.70. The van der Waals surface area contributed by atoms with Crippen molar-refractivity contribution in [3.8, 4) is 0 Å². The lowest BCUT2D eigenvalue weighted by Crippen LogP contribution is -2.16. The predicted octanol–water partition coefficient (Wildman–Crippen LogP) is 3.35. The standard InChI is InChI=1S/C16H15F2NO/c1-9-2-5-13(17)14(15(9)18)16(19)10-3-4-11-7-20-8-12(11)6-10/h2-6,16H,7-8,19H2,1H3. The third-order valence-corrected chi connectivity index (χ3v) is 3.74. The average Bonchev–Trinajstić information content (AvgIpc) is 2.90. The highest BCUT2D eigenvalue weighted by atomic mass is 19.1. The number of nitrogens with two attached hydrogens (primary N) is 1. The number of rotatable bonds is 2. The molecule has 0 saturated carbocycles. The molecule has 4 heteroatoms. The molecule has 2 aromatic carbocycles. The molecule has 0 radical (unpaired) electrons. The molecule has 2 nitrogen and oxygen atoms in total. The molecular formula is C16H15F2NO. The van der Waals surface area contributed by atoms with E-state index < -0.39 is 17.7 Å². The molecular weight excluding hydrogens is 260 g/mol. The van der Waals surface area contributed by atoms with Crippen molar-refractivity contribution in [1.82, 2.24) is 0 Å². The molecule has 1 aliphatic rings. The van der Waals surface area contributed by atoms with Crippen molar-refractivity contribution < 1.29 is 13.5 Å². The summed E-state index contributed by atoms with van der Waals surface area (Å²) in [4.78, 5) is 0. The zero-order valence-corrected chi connectivity index (χ0v) is 11.1. The topological polar surface area (TPSA) is 35.2 Å². The van der Waals surface area contributed by atoms with Crippen LogP contribution in [0.5, 0.6) is 0 Å². The van der Waals surface area contributed by atoms with Crippen molar-refractivity contribution >= 4 is 0 Å². The second-order valence-electron chi connectivity index (χ2n) is 5.09. The fourth-order valence-corrected chi connectivity index (χ4v) is 2.52. The van der Waals surface area contributed by atoms with Crippen molar-refractivity contribution in [2.75, 3.05) is 0 Å². The van der Waals surface area contributed by atoms with Crippen molar-refractivity contribution in [2.45, 2.75) is 26.2 Å². The summed E-state index contributed by atoms with van der Waals surface area (Å²) in [6.07, 6.45) is 0.